The summed E-state index contributed by atoms with van der Waals surface area (Å²) in [6.45, 7) is 8.42. The van der Waals surface area contributed by atoms with Crippen LogP contribution in [-0.4, -0.2) is 42.8 Å². The predicted octanol–water partition coefficient (Wildman–Crippen LogP) is 3.64. The molecule has 0 unspecified atom stereocenters. The van der Waals surface area contributed by atoms with Gasteiger partial charge in [0.05, 0.1) is 6.61 Å². The van der Waals surface area contributed by atoms with E-state index in [2.05, 4.69) is 4.57 Å². The second-order valence-corrected chi connectivity index (χ2v) is 7.41. The van der Waals surface area contributed by atoms with Gasteiger partial charge in [-0.2, -0.15) is 5.26 Å². The number of carbonyl (C=O) groups is 2. The van der Waals surface area contributed by atoms with E-state index in [4.69, 9.17) is 9.47 Å². The number of ether oxygens (including phenoxy) is 2. The number of esters is 1. The molecule has 0 bridgehead atoms. The molecule has 1 amide bonds. The summed E-state index contributed by atoms with van der Waals surface area (Å²) in [5, 5.41) is 9.47. The van der Waals surface area contributed by atoms with E-state index in [1.54, 1.807) is 12.0 Å². The van der Waals surface area contributed by atoms with Gasteiger partial charge in [-0.25, -0.2) is 4.79 Å². The van der Waals surface area contributed by atoms with Crippen LogP contribution in [0.5, 0.6) is 0 Å². The Labute approximate surface area is 183 Å². The van der Waals surface area contributed by atoms with Crippen LogP contribution in [0.25, 0.3) is 6.08 Å². The fraction of sp³-hybridized carbons (Fsp3) is 0.375. The van der Waals surface area contributed by atoms with Crippen LogP contribution in [0.2, 0.25) is 0 Å². The van der Waals surface area contributed by atoms with Gasteiger partial charge in [-0.15, -0.1) is 0 Å². The Morgan fingerprint density at radius 1 is 1.23 bits per heavy atom. The zero-order valence-corrected chi connectivity index (χ0v) is 18.7. The maximum atomic E-state index is 12.7. The van der Waals surface area contributed by atoms with Crippen LogP contribution < -0.4 is 4.90 Å². The molecule has 0 fully saturated rings. The van der Waals surface area contributed by atoms with Crippen molar-refractivity contribution in [3.8, 4) is 6.07 Å². The summed E-state index contributed by atoms with van der Waals surface area (Å²) in [7, 11) is 1.64. The third kappa shape index (κ3) is 6.06. The summed E-state index contributed by atoms with van der Waals surface area (Å²) in [6, 6.07) is 12.8. The molecule has 1 aromatic carbocycles. The normalized spacial score (nSPS) is 11.3. The van der Waals surface area contributed by atoms with E-state index >= 15 is 0 Å². The standard InChI is InChI=1S/C24H29N3O4/c1-17(2)27(22-9-7-6-8-10-22)23(28)16-31-24(29)21(15-25)14-20-13-18(3)26(19(20)4)11-12-30-5/h6-10,13-14,17H,11-12,16H2,1-5H3/b21-14+. The monoisotopic (exact) mass is 423 g/mol. The van der Waals surface area contributed by atoms with Crippen LogP contribution in [0, 0.1) is 25.2 Å². The summed E-state index contributed by atoms with van der Waals surface area (Å²) in [5.74, 6) is -1.18. The first kappa shape index (κ1) is 23.9. The van der Waals surface area contributed by atoms with Gasteiger partial charge in [0.25, 0.3) is 5.91 Å². The molecule has 0 atom stereocenters. The van der Waals surface area contributed by atoms with Gasteiger partial charge in [-0.3, -0.25) is 4.79 Å². The van der Waals surface area contributed by atoms with Gasteiger partial charge in [0, 0.05) is 36.8 Å². The van der Waals surface area contributed by atoms with E-state index in [-0.39, 0.29) is 17.5 Å². The van der Waals surface area contributed by atoms with Crippen molar-refractivity contribution in [2.24, 2.45) is 0 Å². The molecule has 7 heteroatoms. The van der Waals surface area contributed by atoms with Gasteiger partial charge in [0.2, 0.25) is 0 Å². The molecule has 0 spiro atoms. The first-order chi connectivity index (χ1) is 14.8. The first-order valence-electron chi connectivity index (χ1n) is 10.1. The highest BCUT2D eigenvalue weighted by atomic mass is 16.5. The van der Waals surface area contributed by atoms with Crippen LogP contribution in [0.15, 0.2) is 42.0 Å². The molecule has 1 heterocycles. The first-order valence-corrected chi connectivity index (χ1v) is 10.1. The molecule has 0 aliphatic heterocycles. The number of anilines is 1. The van der Waals surface area contributed by atoms with E-state index in [0.29, 0.717) is 13.2 Å². The van der Waals surface area contributed by atoms with E-state index in [1.807, 2.05) is 70.2 Å². The SMILES string of the molecule is COCCn1c(C)cc(/C=C(\C#N)C(=O)OCC(=O)N(c2ccccc2)C(C)C)c1C. The Hall–Kier alpha value is -3.37. The third-order valence-corrected chi connectivity index (χ3v) is 4.92. The Morgan fingerprint density at radius 2 is 1.90 bits per heavy atom. The number of rotatable bonds is 9. The zero-order valence-electron chi connectivity index (χ0n) is 18.7. The van der Waals surface area contributed by atoms with Gasteiger partial charge in [-0.1, -0.05) is 18.2 Å². The van der Waals surface area contributed by atoms with Crippen molar-refractivity contribution in [2.45, 2.75) is 40.3 Å². The second kappa shape index (κ2) is 11.1. The molecule has 0 saturated carbocycles. The van der Waals surface area contributed by atoms with Crippen LogP contribution >= 0.6 is 0 Å². The molecule has 7 nitrogen and oxygen atoms in total. The van der Waals surface area contributed by atoms with E-state index in [1.165, 1.54) is 6.08 Å². The number of aryl methyl sites for hydroxylation is 1. The van der Waals surface area contributed by atoms with Crippen molar-refractivity contribution in [2.75, 3.05) is 25.2 Å². The Kier molecular flexibility index (Phi) is 8.59. The minimum atomic E-state index is -0.825. The quantitative estimate of drug-likeness (QED) is 0.349. The lowest BCUT2D eigenvalue weighted by molar-refractivity contribution is -0.143. The number of hydrogen-bond acceptors (Lipinski definition) is 5. The lowest BCUT2D eigenvalue weighted by Crippen LogP contribution is -2.40. The van der Waals surface area contributed by atoms with Crippen LogP contribution in [0.1, 0.15) is 30.8 Å². The molecule has 164 valence electrons. The highest BCUT2D eigenvalue weighted by Crippen LogP contribution is 2.19. The molecule has 0 aliphatic carbocycles. The van der Waals surface area contributed by atoms with E-state index in [9.17, 15) is 14.9 Å². The molecular formula is C24H29N3O4. The number of hydrogen-bond donors (Lipinski definition) is 0. The van der Waals surface area contributed by atoms with Gasteiger partial charge < -0.3 is 18.9 Å². The Bertz CT molecular complexity index is 984. The highest BCUT2D eigenvalue weighted by Gasteiger charge is 2.22. The maximum Gasteiger partial charge on any atom is 0.349 e. The Morgan fingerprint density at radius 3 is 2.48 bits per heavy atom. The molecule has 0 saturated heterocycles. The maximum absolute atomic E-state index is 12.7. The smallest absolute Gasteiger partial charge is 0.349 e. The van der Waals surface area contributed by atoms with Crippen molar-refractivity contribution < 1.29 is 19.1 Å². The van der Waals surface area contributed by atoms with E-state index < -0.39 is 12.6 Å². The minimum Gasteiger partial charge on any atom is -0.451 e. The number of amides is 1. The molecule has 0 radical (unpaired) electrons. The summed E-state index contributed by atoms with van der Waals surface area (Å²) < 4.78 is 12.4. The largest absolute Gasteiger partial charge is 0.451 e. The summed E-state index contributed by atoms with van der Waals surface area (Å²) >= 11 is 0. The Balaban J connectivity index is 2.13. The average molecular weight is 424 g/mol. The molecule has 1 aromatic heterocycles. The number of carbonyl (C=O) groups excluding carboxylic acids is 2. The zero-order chi connectivity index (χ0) is 23.0. The van der Waals surface area contributed by atoms with Crippen molar-refractivity contribution in [3.05, 3.63) is 58.9 Å². The number of aromatic nitrogens is 1. The molecule has 31 heavy (non-hydrogen) atoms. The third-order valence-electron chi connectivity index (χ3n) is 4.92. The lowest BCUT2D eigenvalue weighted by atomic mass is 10.1. The number of benzene rings is 1. The van der Waals surface area contributed by atoms with Gasteiger partial charge >= 0.3 is 5.97 Å². The summed E-state index contributed by atoms with van der Waals surface area (Å²) in [5.41, 5.74) is 3.23. The lowest BCUT2D eigenvalue weighted by Gasteiger charge is -2.26. The minimum absolute atomic E-state index is 0.114. The fourth-order valence-corrected chi connectivity index (χ4v) is 3.39. The van der Waals surface area contributed by atoms with Crippen molar-refractivity contribution >= 4 is 23.6 Å². The van der Waals surface area contributed by atoms with Crippen LogP contribution in [0.3, 0.4) is 0 Å². The van der Waals surface area contributed by atoms with Crippen LogP contribution in [-0.2, 0) is 25.6 Å². The van der Waals surface area contributed by atoms with Gasteiger partial charge in [-0.05, 0) is 57.5 Å². The van der Waals surface area contributed by atoms with E-state index in [0.717, 1.165) is 22.6 Å². The average Bonchev–Trinajstić information content (AvgIpc) is 3.01. The van der Waals surface area contributed by atoms with Crippen molar-refractivity contribution in [3.63, 3.8) is 0 Å². The molecule has 2 rings (SSSR count). The van der Waals surface area contributed by atoms with Crippen LogP contribution in [0.4, 0.5) is 5.69 Å². The summed E-state index contributed by atoms with van der Waals surface area (Å²) in [6.07, 6.45) is 1.50. The molecule has 0 aliphatic rings. The number of nitrogens with zero attached hydrogens (tertiary/aromatic N) is 3. The molecule has 2 aromatic rings. The highest BCUT2D eigenvalue weighted by molar-refractivity contribution is 6.01. The number of nitriles is 1. The fourth-order valence-electron chi connectivity index (χ4n) is 3.39. The predicted molar refractivity (Wildman–Crippen MR) is 119 cm³/mol. The number of methoxy groups -OCH3 is 1. The molecular weight excluding hydrogens is 394 g/mol. The topological polar surface area (TPSA) is 84.6 Å². The van der Waals surface area contributed by atoms with Crippen molar-refractivity contribution in [1.82, 2.24) is 4.57 Å². The second-order valence-electron chi connectivity index (χ2n) is 7.41. The number of para-hydroxylation sites is 1. The van der Waals surface area contributed by atoms with Crippen molar-refractivity contribution in [1.29, 1.82) is 5.26 Å². The van der Waals surface area contributed by atoms with Gasteiger partial charge in [0.15, 0.2) is 6.61 Å². The van der Waals surface area contributed by atoms with Gasteiger partial charge in [0.1, 0.15) is 11.6 Å². The summed E-state index contributed by atoms with van der Waals surface area (Å²) in [4.78, 5) is 26.7. The molecule has 0 N–H and O–H groups in total.